The molecule has 0 aliphatic rings. The van der Waals surface area contributed by atoms with Gasteiger partial charge in [-0.3, -0.25) is 4.98 Å². The lowest BCUT2D eigenvalue weighted by Gasteiger charge is -2.02. The molecular formula is C11H16N2. The van der Waals surface area contributed by atoms with Crippen molar-refractivity contribution in [3.8, 4) is 0 Å². The number of rotatable bonds is 6. The molecule has 0 atom stereocenters. The fourth-order valence-electron chi connectivity index (χ4n) is 1.11. The zero-order valence-electron chi connectivity index (χ0n) is 7.87. The van der Waals surface area contributed by atoms with Crippen molar-refractivity contribution in [2.45, 2.75) is 19.4 Å². The number of hydrogen-bond acceptors (Lipinski definition) is 2. The molecule has 1 N–H and O–H groups in total. The van der Waals surface area contributed by atoms with E-state index in [0.29, 0.717) is 0 Å². The molecule has 0 aromatic carbocycles. The Hall–Kier alpha value is -1.15. The maximum Gasteiger partial charge on any atom is 0.0312 e. The first-order valence-electron chi connectivity index (χ1n) is 4.64. The summed E-state index contributed by atoms with van der Waals surface area (Å²) in [6.45, 7) is 5.63. The van der Waals surface area contributed by atoms with Crippen LogP contribution in [0.25, 0.3) is 0 Å². The molecule has 70 valence electrons. The van der Waals surface area contributed by atoms with Crippen LogP contribution in [0.15, 0.2) is 37.2 Å². The number of pyridine rings is 1. The summed E-state index contributed by atoms with van der Waals surface area (Å²) in [7, 11) is 0. The number of hydrogen-bond donors (Lipinski definition) is 1. The first kappa shape index (κ1) is 9.93. The van der Waals surface area contributed by atoms with Crippen molar-refractivity contribution in [1.29, 1.82) is 0 Å². The largest absolute Gasteiger partial charge is 0.313 e. The molecule has 0 fully saturated rings. The highest BCUT2D eigenvalue weighted by Gasteiger charge is 1.89. The van der Waals surface area contributed by atoms with Gasteiger partial charge in [0, 0.05) is 18.9 Å². The van der Waals surface area contributed by atoms with Crippen molar-refractivity contribution in [3.05, 3.63) is 42.7 Å². The van der Waals surface area contributed by atoms with Crippen molar-refractivity contribution in [3.63, 3.8) is 0 Å². The molecule has 0 spiro atoms. The summed E-state index contributed by atoms with van der Waals surface area (Å²) in [5.74, 6) is 0. The summed E-state index contributed by atoms with van der Waals surface area (Å²) < 4.78 is 0. The maximum absolute atomic E-state index is 4.04. The first-order chi connectivity index (χ1) is 6.43. The van der Waals surface area contributed by atoms with Gasteiger partial charge in [0.25, 0.3) is 0 Å². The standard InChI is InChI=1S/C11H16N2/c1-2-3-4-7-12-9-11-6-5-8-13-10-11/h2,5-6,8,10,12H,1,3-4,7,9H2. The average Bonchev–Trinajstić information content (AvgIpc) is 2.19. The Labute approximate surface area is 79.7 Å². The Morgan fingerprint density at radius 2 is 2.46 bits per heavy atom. The Morgan fingerprint density at radius 1 is 1.54 bits per heavy atom. The van der Waals surface area contributed by atoms with Crippen molar-refractivity contribution >= 4 is 0 Å². The summed E-state index contributed by atoms with van der Waals surface area (Å²) in [6.07, 6.45) is 7.87. The third kappa shape index (κ3) is 4.43. The second kappa shape index (κ2) is 6.38. The lowest BCUT2D eigenvalue weighted by atomic mass is 10.2. The summed E-state index contributed by atoms with van der Waals surface area (Å²) in [6, 6.07) is 4.04. The lowest BCUT2D eigenvalue weighted by molar-refractivity contribution is 0.654. The molecule has 0 unspecified atom stereocenters. The van der Waals surface area contributed by atoms with E-state index in [1.165, 1.54) is 5.56 Å². The zero-order chi connectivity index (χ0) is 9.36. The molecule has 0 aliphatic carbocycles. The van der Waals surface area contributed by atoms with Gasteiger partial charge in [0.15, 0.2) is 0 Å². The van der Waals surface area contributed by atoms with E-state index in [1.54, 1.807) is 6.20 Å². The van der Waals surface area contributed by atoms with Gasteiger partial charge in [-0.1, -0.05) is 12.1 Å². The molecule has 1 aromatic rings. The van der Waals surface area contributed by atoms with Gasteiger partial charge in [0.2, 0.25) is 0 Å². The molecule has 0 radical (unpaired) electrons. The molecule has 0 amide bonds. The second-order valence-corrected chi connectivity index (χ2v) is 2.97. The van der Waals surface area contributed by atoms with Gasteiger partial charge in [0.05, 0.1) is 0 Å². The smallest absolute Gasteiger partial charge is 0.0312 e. The molecule has 0 aliphatic heterocycles. The van der Waals surface area contributed by atoms with Gasteiger partial charge in [-0.15, -0.1) is 6.58 Å². The fraction of sp³-hybridized carbons (Fsp3) is 0.364. The van der Waals surface area contributed by atoms with Crippen LogP contribution in [-0.2, 0) is 6.54 Å². The minimum absolute atomic E-state index is 0.908. The van der Waals surface area contributed by atoms with E-state index < -0.39 is 0 Å². The second-order valence-electron chi connectivity index (χ2n) is 2.97. The number of nitrogens with one attached hydrogen (secondary N) is 1. The Morgan fingerprint density at radius 3 is 3.15 bits per heavy atom. The van der Waals surface area contributed by atoms with Gasteiger partial charge in [-0.05, 0) is 31.0 Å². The molecule has 0 saturated heterocycles. The van der Waals surface area contributed by atoms with Crippen molar-refractivity contribution in [2.75, 3.05) is 6.54 Å². The van der Waals surface area contributed by atoms with E-state index in [2.05, 4.69) is 22.9 Å². The minimum atomic E-state index is 0.908. The van der Waals surface area contributed by atoms with Crippen LogP contribution in [0, 0.1) is 0 Å². The monoisotopic (exact) mass is 176 g/mol. The molecule has 0 saturated carbocycles. The first-order valence-corrected chi connectivity index (χ1v) is 4.64. The van der Waals surface area contributed by atoms with Crippen LogP contribution in [0.4, 0.5) is 0 Å². The number of nitrogens with zero attached hydrogens (tertiary/aromatic N) is 1. The van der Waals surface area contributed by atoms with Crippen LogP contribution in [0.2, 0.25) is 0 Å². The van der Waals surface area contributed by atoms with Crippen LogP contribution < -0.4 is 5.32 Å². The highest BCUT2D eigenvalue weighted by Crippen LogP contribution is 1.94. The minimum Gasteiger partial charge on any atom is -0.313 e. The normalized spacial score (nSPS) is 9.85. The zero-order valence-corrected chi connectivity index (χ0v) is 7.87. The van der Waals surface area contributed by atoms with Gasteiger partial charge in [0.1, 0.15) is 0 Å². The van der Waals surface area contributed by atoms with Crippen LogP contribution in [0.3, 0.4) is 0 Å². The maximum atomic E-state index is 4.04. The molecule has 1 aromatic heterocycles. The van der Waals surface area contributed by atoms with E-state index >= 15 is 0 Å². The van der Waals surface area contributed by atoms with E-state index in [0.717, 1.165) is 25.9 Å². The highest BCUT2D eigenvalue weighted by molar-refractivity contribution is 5.07. The van der Waals surface area contributed by atoms with Gasteiger partial charge in [-0.25, -0.2) is 0 Å². The van der Waals surface area contributed by atoms with Crippen LogP contribution in [0.5, 0.6) is 0 Å². The van der Waals surface area contributed by atoms with E-state index in [4.69, 9.17) is 0 Å². The third-order valence-corrected chi connectivity index (χ3v) is 1.81. The van der Waals surface area contributed by atoms with Gasteiger partial charge < -0.3 is 5.32 Å². The SMILES string of the molecule is C=CCCCNCc1cccnc1. The molecule has 1 heterocycles. The van der Waals surface area contributed by atoms with Gasteiger partial charge in [-0.2, -0.15) is 0 Å². The van der Waals surface area contributed by atoms with E-state index in [1.807, 2.05) is 18.3 Å². The summed E-state index contributed by atoms with van der Waals surface area (Å²) in [4.78, 5) is 4.04. The molecular weight excluding hydrogens is 160 g/mol. The van der Waals surface area contributed by atoms with Crippen molar-refractivity contribution in [2.24, 2.45) is 0 Å². The summed E-state index contributed by atoms with van der Waals surface area (Å²) >= 11 is 0. The summed E-state index contributed by atoms with van der Waals surface area (Å²) in [5, 5.41) is 3.35. The van der Waals surface area contributed by atoms with Crippen molar-refractivity contribution < 1.29 is 0 Å². The number of unbranched alkanes of at least 4 members (excludes halogenated alkanes) is 1. The lowest BCUT2D eigenvalue weighted by Crippen LogP contribution is -2.14. The summed E-state index contributed by atoms with van der Waals surface area (Å²) in [5.41, 5.74) is 1.24. The van der Waals surface area contributed by atoms with Crippen LogP contribution >= 0.6 is 0 Å². The molecule has 2 heteroatoms. The predicted molar refractivity (Wildman–Crippen MR) is 55.4 cm³/mol. The Balaban J connectivity index is 2.10. The van der Waals surface area contributed by atoms with Gasteiger partial charge >= 0.3 is 0 Å². The highest BCUT2D eigenvalue weighted by atomic mass is 14.8. The van der Waals surface area contributed by atoms with E-state index in [-0.39, 0.29) is 0 Å². The average molecular weight is 176 g/mol. The Bertz CT molecular complexity index is 231. The van der Waals surface area contributed by atoms with Crippen molar-refractivity contribution in [1.82, 2.24) is 10.3 Å². The molecule has 0 bridgehead atoms. The molecule has 1 rings (SSSR count). The number of aromatic nitrogens is 1. The Kier molecular flexibility index (Phi) is 4.87. The molecule has 13 heavy (non-hydrogen) atoms. The number of allylic oxidation sites excluding steroid dienone is 1. The van der Waals surface area contributed by atoms with Crippen LogP contribution in [-0.4, -0.2) is 11.5 Å². The van der Waals surface area contributed by atoms with Crippen LogP contribution in [0.1, 0.15) is 18.4 Å². The third-order valence-electron chi connectivity index (χ3n) is 1.81. The molecule has 2 nitrogen and oxygen atoms in total. The topological polar surface area (TPSA) is 24.9 Å². The van der Waals surface area contributed by atoms with E-state index in [9.17, 15) is 0 Å². The predicted octanol–water partition coefficient (Wildman–Crippen LogP) is 2.14. The quantitative estimate of drug-likeness (QED) is 0.530. The fourth-order valence-corrected chi connectivity index (χ4v) is 1.11.